The van der Waals surface area contributed by atoms with Gasteiger partial charge in [0.25, 0.3) is 0 Å². The van der Waals surface area contributed by atoms with Crippen LogP contribution in [0, 0.1) is 0 Å². The molecular formula is C18H19F3N2O. The van der Waals surface area contributed by atoms with Crippen molar-refractivity contribution in [3.63, 3.8) is 0 Å². The monoisotopic (exact) mass is 336 g/mol. The van der Waals surface area contributed by atoms with Gasteiger partial charge in [-0.2, -0.15) is 13.2 Å². The molecule has 2 aliphatic rings. The standard InChI is InChI=1S/C18H19F3N2O/c1-17(24-2,18(19,20)21)14-7-6-10-16-13(11-14)12-22-23(16)15-8-4-3-5-9-15/h3-9,11,22H,10,12H2,1-2H3. The predicted octanol–water partition coefficient (Wildman–Crippen LogP) is 4.12. The third-order valence-corrected chi connectivity index (χ3v) is 4.52. The molecule has 1 aliphatic heterocycles. The Balaban J connectivity index is 2.00. The molecule has 0 fully saturated rings. The second-order valence-electron chi connectivity index (χ2n) is 5.92. The second-order valence-corrected chi connectivity index (χ2v) is 5.92. The van der Waals surface area contributed by atoms with Gasteiger partial charge in [0.2, 0.25) is 0 Å². The highest BCUT2D eigenvalue weighted by atomic mass is 19.4. The van der Waals surface area contributed by atoms with Crippen LogP contribution in [0.15, 0.2) is 65.4 Å². The fourth-order valence-electron chi connectivity index (χ4n) is 2.91. The molecule has 1 aliphatic carbocycles. The molecule has 1 unspecified atom stereocenters. The molecule has 1 atom stereocenters. The topological polar surface area (TPSA) is 24.5 Å². The van der Waals surface area contributed by atoms with Crippen molar-refractivity contribution in [1.82, 2.24) is 5.43 Å². The van der Waals surface area contributed by atoms with Crippen LogP contribution in [0.5, 0.6) is 0 Å². The minimum Gasteiger partial charge on any atom is -0.364 e. The molecule has 1 aromatic rings. The Bertz CT molecular complexity index is 707. The molecule has 3 rings (SSSR count). The Kier molecular flexibility index (Phi) is 4.27. The first-order valence-corrected chi connectivity index (χ1v) is 7.68. The molecule has 1 heterocycles. The number of hydrazine groups is 1. The summed E-state index contributed by atoms with van der Waals surface area (Å²) in [6.45, 7) is 1.54. The van der Waals surface area contributed by atoms with Gasteiger partial charge in [-0.15, -0.1) is 0 Å². The van der Waals surface area contributed by atoms with Crippen LogP contribution >= 0.6 is 0 Å². The highest BCUT2D eigenvalue weighted by molar-refractivity contribution is 5.58. The molecule has 24 heavy (non-hydrogen) atoms. The van der Waals surface area contributed by atoms with Crippen LogP contribution in [0.2, 0.25) is 0 Å². The third-order valence-electron chi connectivity index (χ3n) is 4.52. The van der Waals surface area contributed by atoms with E-state index in [-0.39, 0.29) is 5.57 Å². The summed E-state index contributed by atoms with van der Waals surface area (Å²) < 4.78 is 45.3. The van der Waals surface area contributed by atoms with Crippen molar-refractivity contribution in [3.8, 4) is 0 Å². The zero-order valence-electron chi connectivity index (χ0n) is 13.5. The molecule has 0 spiro atoms. The summed E-state index contributed by atoms with van der Waals surface area (Å²) in [5, 5.41) is 1.93. The maximum Gasteiger partial charge on any atom is 0.421 e. The summed E-state index contributed by atoms with van der Waals surface area (Å²) in [4.78, 5) is 0. The van der Waals surface area contributed by atoms with Gasteiger partial charge in [0.1, 0.15) is 0 Å². The average Bonchev–Trinajstić information content (AvgIpc) is 2.83. The molecule has 1 N–H and O–H groups in total. The number of alkyl halides is 3. The van der Waals surface area contributed by atoms with Crippen molar-refractivity contribution < 1.29 is 17.9 Å². The van der Waals surface area contributed by atoms with E-state index in [4.69, 9.17) is 4.74 Å². The van der Waals surface area contributed by atoms with E-state index in [0.29, 0.717) is 13.0 Å². The lowest BCUT2D eigenvalue weighted by Crippen LogP contribution is -2.45. The summed E-state index contributed by atoms with van der Waals surface area (Å²) in [5.41, 5.74) is 3.76. The van der Waals surface area contributed by atoms with E-state index in [0.717, 1.165) is 31.0 Å². The maximum atomic E-state index is 13.5. The minimum absolute atomic E-state index is 0.110. The van der Waals surface area contributed by atoms with Crippen molar-refractivity contribution in [2.24, 2.45) is 0 Å². The number of benzene rings is 1. The quantitative estimate of drug-likeness (QED) is 0.899. The molecule has 3 nitrogen and oxygen atoms in total. The first-order chi connectivity index (χ1) is 11.4. The largest absolute Gasteiger partial charge is 0.421 e. The van der Waals surface area contributed by atoms with Crippen LogP contribution in [0.3, 0.4) is 0 Å². The molecule has 0 bridgehead atoms. The Labute approximate surface area is 139 Å². The number of nitrogens with one attached hydrogen (secondary N) is 1. The molecule has 0 saturated heterocycles. The van der Waals surface area contributed by atoms with E-state index in [2.05, 4.69) is 5.43 Å². The lowest BCUT2D eigenvalue weighted by Gasteiger charge is -2.31. The molecule has 1 aromatic carbocycles. The number of hydrogen-bond acceptors (Lipinski definition) is 3. The molecule has 128 valence electrons. The van der Waals surface area contributed by atoms with Crippen LogP contribution < -0.4 is 10.4 Å². The fourth-order valence-corrected chi connectivity index (χ4v) is 2.91. The van der Waals surface area contributed by atoms with Gasteiger partial charge in [-0.1, -0.05) is 30.4 Å². The number of anilines is 1. The molecule has 0 aromatic heterocycles. The summed E-state index contributed by atoms with van der Waals surface area (Å²) in [5.74, 6) is 0. The number of nitrogens with zero attached hydrogens (tertiary/aromatic N) is 1. The van der Waals surface area contributed by atoms with Crippen LogP contribution in [0.4, 0.5) is 18.9 Å². The molecule has 0 saturated carbocycles. The summed E-state index contributed by atoms with van der Waals surface area (Å²) >= 11 is 0. The molecule has 0 radical (unpaired) electrons. The zero-order valence-corrected chi connectivity index (χ0v) is 13.5. The normalized spacial score (nSPS) is 20.5. The van der Waals surface area contributed by atoms with Gasteiger partial charge in [0.15, 0.2) is 5.60 Å². The minimum atomic E-state index is -4.49. The summed E-state index contributed by atoms with van der Waals surface area (Å²) in [6, 6.07) is 9.69. The van der Waals surface area contributed by atoms with Gasteiger partial charge in [-0.25, -0.2) is 5.43 Å². The van der Waals surface area contributed by atoms with Crippen molar-refractivity contribution >= 4 is 5.69 Å². The number of hydrogen-bond donors (Lipinski definition) is 1. The Morgan fingerprint density at radius 1 is 1.17 bits per heavy atom. The van der Waals surface area contributed by atoms with Crippen molar-refractivity contribution in [1.29, 1.82) is 0 Å². The van der Waals surface area contributed by atoms with Gasteiger partial charge in [-0.05, 0) is 36.3 Å². The van der Waals surface area contributed by atoms with Crippen molar-refractivity contribution in [2.45, 2.75) is 25.1 Å². The predicted molar refractivity (Wildman–Crippen MR) is 87.3 cm³/mol. The van der Waals surface area contributed by atoms with Crippen LogP contribution in [0.25, 0.3) is 0 Å². The highest BCUT2D eigenvalue weighted by Crippen LogP contribution is 2.41. The number of halogens is 3. The number of para-hydroxylation sites is 1. The SMILES string of the molecule is COC(C)(C1=CC2=C(CC=C1)N(c1ccccc1)NC2)C(F)(F)F. The number of ether oxygens (including phenoxy) is 1. The Morgan fingerprint density at radius 2 is 1.88 bits per heavy atom. The first kappa shape index (κ1) is 16.8. The smallest absolute Gasteiger partial charge is 0.364 e. The zero-order chi connectivity index (χ0) is 17.4. The maximum absolute atomic E-state index is 13.5. The molecular weight excluding hydrogens is 317 g/mol. The van der Waals surface area contributed by atoms with Crippen molar-refractivity contribution in [2.75, 3.05) is 18.7 Å². The Hall–Kier alpha value is -2.05. The van der Waals surface area contributed by atoms with E-state index < -0.39 is 11.8 Å². The highest BCUT2D eigenvalue weighted by Gasteiger charge is 2.53. The average molecular weight is 336 g/mol. The van der Waals surface area contributed by atoms with E-state index >= 15 is 0 Å². The summed E-state index contributed by atoms with van der Waals surface area (Å²) in [6.07, 6.45) is 0.910. The summed E-state index contributed by atoms with van der Waals surface area (Å²) in [7, 11) is 1.09. The lowest BCUT2D eigenvalue weighted by atomic mass is 9.93. The fraction of sp³-hybridized carbons (Fsp3) is 0.333. The number of allylic oxidation sites excluding steroid dienone is 1. The van der Waals surface area contributed by atoms with Crippen LogP contribution in [-0.2, 0) is 4.74 Å². The number of methoxy groups -OCH3 is 1. The van der Waals surface area contributed by atoms with E-state index in [1.165, 1.54) is 6.08 Å². The second kappa shape index (κ2) is 6.11. The molecule has 0 amide bonds. The van der Waals surface area contributed by atoms with Gasteiger partial charge in [0.05, 0.1) is 5.69 Å². The molecule has 6 heteroatoms. The van der Waals surface area contributed by atoms with Gasteiger partial charge in [0, 0.05) is 25.8 Å². The van der Waals surface area contributed by atoms with E-state index in [1.54, 1.807) is 12.2 Å². The van der Waals surface area contributed by atoms with E-state index in [1.807, 2.05) is 35.3 Å². The third kappa shape index (κ3) is 2.76. The van der Waals surface area contributed by atoms with Gasteiger partial charge >= 0.3 is 6.18 Å². The number of rotatable bonds is 3. The van der Waals surface area contributed by atoms with Crippen LogP contribution in [-0.4, -0.2) is 25.4 Å². The van der Waals surface area contributed by atoms with E-state index in [9.17, 15) is 13.2 Å². The lowest BCUT2D eigenvalue weighted by molar-refractivity contribution is -0.245. The first-order valence-electron chi connectivity index (χ1n) is 7.68. The Morgan fingerprint density at radius 3 is 2.50 bits per heavy atom. The van der Waals surface area contributed by atoms with Gasteiger partial charge < -0.3 is 4.74 Å². The van der Waals surface area contributed by atoms with Crippen LogP contribution in [0.1, 0.15) is 13.3 Å². The van der Waals surface area contributed by atoms with Gasteiger partial charge in [-0.3, -0.25) is 5.01 Å². The van der Waals surface area contributed by atoms with Crippen molar-refractivity contribution in [3.05, 3.63) is 65.4 Å².